The maximum Gasteiger partial charge on any atom is 0.472 e. The molecule has 47 heavy (non-hydrogen) atoms. The van der Waals surface area contributed by atoms with Gasteiger partial charge in [0.05, 0.1) is 13.2 Å². The van der Waals surface area contributed by atoms with Crippen LogP contribution in [-0.2, 0) is 27.9 Å². The Morgan fingerprint density at radius 3 is 1.81 bits per heavy atom. The molecule has 2 atom stereocenters. The van der Waals surface area contributed by atoms with Gasteiger partial charge in [0.2, 0.25) is 5.91 Å². The Bertz CT molecular complexity index is 876. The molecule has 3 N–H and O–H groups in total. The number of nitrogens with one attached hydrogen (secondary N) is 1. The number of allylic oxidation sites excluding steroid dienone is 6. The van der Waals surface area contributed by atoms with E-state index in [4.69, 9.17) is 13.8 Å². The molecular formula is C37H68NO8P. The summed E-state index contributed by atoms with van der Waals surface area (Å²) in [6.45, 7) is 3.42. The van der Waals surface area contributed by atoms with Gasteiger partial charge in [-0.1, -0.05) is 115 Å². The number of aliphatic hydroxyl groups excluding tert-OH is 1. The topological polar surface area (TPSA) is 131 Å². The van der Waals surface area contributed by atoms with Gasteiger partial charge in [-0.05, 0) is 64.2 Å². The van der Waals surface area contributed by atoms with Crippen LogP contribution in [0.25, 0.3) is 0 Å². The largest absolute Gasteiger partial charge is 0.472 e. The van der Waals surface area contributed by atoms with Crippen LogP contribution in [-0.4, -0.2) is 54.3 Å². The molecule has 274 valence electrons. The number of rotatable bonds is 34. The summed E-state index contributed by atoms with van der Waals surface area (Å²) in [5.74, 6) is -0.543. The molecule has 0 heterocycles. The summed E-state index contributed by atoms with van der Waals surface area (Å²) in [7, 11) is -4.41. The summed E-state index contributed by atoms with van der Waals surface area (Å²) >= 11 is 0. The number of hydrogen-bond donors (Lipinski definition) is 3. The van der Waals surface area contributed by atoms with Crippen LogP contribution in [0.2, 0.25) is 0 Å². The average Bonchev–Trinajstić information content (AvgIpc) is 3.05. The average molecular weight is 686 g/mol. The Balaban J connectivity index is 3.67. The molecule has 0 spiro atoms. The minimum atomic E-state index is -4.41. The summed E-state index contributed by atoms with van der Waals surface area (Å²) in [5, 5.41) is 12.6. The number of esters is 1. The molecule has 0 rings (SSSR count). The van der Waals surface area contributed by atoms with E-state index in [9.17, 15) is 24.2 Å². The third kappa shape index (κ3) is 35.4. The molecule has 2 unspecified atom stereocenters. The van der Waals surface area contributed by atoms with Crippen LogP contribution >= 0.6 is 7.82 Å². The number of aliphatic hydroxyl groups is 1. The Morgan fingerprint density at radius 2 is 1.19 bits per heavy atom. The van der Waals surface area contributed by atoms with Gasteiger partial charge in [-0.15, -0.1) is 0 Å². The lowest BCUT2D eigenvalue weighted by molar-refractivity contribution is -0.147. The standard InChI is InChI=1S/C37H68NO8P/c1-3-5-7-9-11-13-15-17-19-21-23-25-27-29-36(40)38-31-32-45-47(42,43)46-34-35(39)33-44-37(41)30-28-26-24-22-20-18-16-14-12-10-8-6-4-2/h7,9,13-16,35,39H,3-6,8,10-12,17-34H2,1-2H3,(H,38,40)(H,42,43)/b9-7-,15-13-,16-14-. The van der Waals surface area contributed by atoms with E-state index < -0.39 is 26.5 Å². The van der Waals surface area contributed by atoms with Crippen LogP contribution in [0.1, 0.15) is 155 Å². The minimum absolute atomic E-state index is 0.0725. The third-order valence-corrected chi connectivity index (χ3v) is 8.51. The van der Waals surface area contributed by atoms with E-state index in [-0.39, 0.29) is 32.1 Å². The van der Waals surface area contributed by atoms with E-state index in [2.05, 4.69) is 55.6 Å². The van der Waals surface area contributed by atoms with Crippen molar-refractivity contribution >= 4 is 19.7 Å². The SMILES string of the molecule is CCC/C=C\C/C=C\CCCCCCCC(=O)NCCOP(=O)(O)OCC(O)COC(=O)CCCCCCC/C=C\CCCCCC. The van der Waals surface area contributed by atoms with Gasteiger partial charge >= 0.3 is 13.8 Å². The van der Waals surface area contributed by atoms with Gasteiger partial charge in [-0.2, -0.15) is 0 Å². The zero-order valence-corrected chi connectivity index (χ0v) is 30.6. The summed E-state index contributed by atoms with van der Waals surface area (Å²) in [6.07, 6.45) is 35.0. The number of carbonyl (C=O) groups excluding carboxylic acids is 2. The highest BCUT2D eigenvalue weighted by Crippen LogP contribution is 2.42. The van der Waals surface area contributed by atoms with Crippen molar-refractivity contribution in [2.45, 2.75) is 161 Å². The monoisotopic (exact) mass is 685 g/mol. The molecule has 0 fully saturated rings. The molecule has 0 aromatic carbocycles. The second-order valence-electron chi connectivity index (χ2n) is 12.2. The van der Waals surface area contributed by atoms with Crippen molar-refractivity contribution in [1.29, 1.82) is 0 Å². The van der Waals surface area contributed by atoms with Gasteiger partial charge < -0.3 is 20.1 Å². The highest BCUT2D eigenvalue weighted by atomic mass is 31.2. The summed E-state index contributed by atoms with van der Waals surface area (Å²) in [6, 6.07) is 0. The van der Waals surface area contributed by atoms with E-state index in [1.165, 1.54) is 38.5 Å². The van der Waals surface area contributed by atoms with Crippen molar-refractivity contribution in [2.75, 3.05) is 26.4 Å². The molecule has 0 aliphatic heterocycles. The van der Waals surface area contributed by atoms with Gasteiger partial charge in [0.1, 0.15) is 12.7 Å². The lowest BCUT2D eigenvalue weighted by Gasteiger charge is -2.15. The van der Waals surface area contributed by atoms with Crippen LogP contribution in [0.15, 0.2) is 36.5 Å². The number of phosphoric acid groups is 1. The molecule has 9 nitrogen and oxygen atoms in total. The van der Waals surface area contributed by atoms with Crippen molar-refractivity contribution in [3.63, 3.8) is 0 Å². The number of phosphoric ester groups is 1. The Labute approximate surface area is 286 Å². The Kier molecular flexibility index (Phi) is 32.8. The molecule has 0 bridgehead atoms. The first kappa shape index (κ1) is 45.2. The predicted molar refractivity (Wildman–Crippen MR) is 192 cm³/mol. The maximum atomic E-state index is 12.0. The van der Waals surface area contributed by atoms with Crippen LogP contribution in [0.3, 0.4) is 0 Å². The molecule has 0 saturated carbocycles. The number of amides is 1. The quantitative estimate of drug-likeness (QED) is 0.0264. The van der Waals surface area contributed by atoms with E-state index in [0.717, 1.165) is 89.9 Å². The van der Waals surface area contributed by atoms with E-state index in [0.29, 0.717) is 6.42 Å². The second-order valence-corrected chi connectivity index (χ2v) is 13.6. The fourth-order valence-corrected chi connectivity index (χ4v) is 5.46. The number of hydrogen-bond acceptors (Lipinski definition) is 7. The first-order valence-corrected chi connectivity index (χ1v) is 20.0. The fraction of sp³-hybridized carbons (Fsp3) is 0.784. The molecule has 0 aliphatic rings. The van der Waals surface area contributed by atoms with Crippen molar-refractivity contribution in [1.82, 2.24) is 5.32 Å². The molecular weight excluding hydrogens is 617 g/mol. The fourth-order valence-electron chi connectivity index (χ4n) is 4.70. The molecule has 0 saturated heterocycles. The summed E-state index contributed by atoms with van der Waals surface area (Å²) < 4.78 is 26.7. The Hall–Kier alpha value is -1.77. The minimum Gasteiger partial charge on any atom is -0.463 e. The number of unbranched alkanes of at least 4 members (excludes halogenated alkanes) is 15. The van der Waals surface area contributed by atoms with Crippen LogP contribution in [0.5, 0.6) is 0 Å². The molecule has 0 radical (unpaired) electrons. The zero-order chi connectivity index (χ0) is 34.7. The highest BCUT2D eigenvalue weighted by Gasteiger charge is 2.23. The second kappa shape index (κ2) is 34.1. The molecule has 10 heteroatoms. The van der Waals surface area contributed by atoms with E-state index >= 15 is 0 Å². The normalized spacial score (nSPS) is 13.9. The van der Waals surface area contributed by atoms with Gasteiger partial charge in [0, 0.05) is 19.4 Å². The van der Waals surface area contributed by atoms with Gasteiger partial charge in [-0.3, -0.25) is 18.6 Å². The molecule has 0 aromatic heterocycles. The van der Waals surface area contributed by atoms with Crippen molar-refractivity contribution in [3.8, 4) is 0 Å². The lowest BCUT2D eigenvalue weighted by atomic mass is 10.1. The predicted octanol–water partition coefficient (Wildman–Crippen LogP) is 9.43. The molecule has 0 aliphatic carbocycles. The van der Waals surface area contributed by atoms with Crippen molar-refractivity contribution in [3.05, 3.63) is 36.5 Å². The summed E-state index contributed by atoms with van der Waals surface area (Å²) in [5.41, 5.74) is 0. The van der Waals surface area contributed by atoms with Crippen LogP contribution < -0.4 is 5.32 Å². The Morgan fingerprint density at radius 1 is 0.660 bits per heavy atom. The highest BCUT2D eigenvalue weighted by molar-refractivity contribution is 7.47. The summed E-state index contributed by atoms with van der Waals surface area (Å²) in [4.78, 5) is 33.7. The van der Waals surface area contributed by atoms with Gasteiger partial charge in [0.15, 0.2) is 0 Å². The van der Waals surface area contributed by atoms with Crippen LogP contribution in [0.4, 0.5) is 0 Å². The number of ether oxygens (including phenoxy) is 1. The van der Waals surface area contributed by atoms with Gasteiger partial charge in [-0.25, -0.2) is 4.57 Å². The van der Waals surface area contributed by atoms with E-state index in [1.54, 1.807) is 0 Å². The smallest absolute Gasteiger partial charge is 0.463 e. The van der Waals surface area contributed by atoms with E-state index in [1.807, 2.05) is 0 Å². The van der Waals surface area contributed by atoms with Crippen molar-refractivity contribution < 1.29 is 37.9 Å². The molecule has 1 amide bonds. The zero-order valence-electron chi connectivity index (χ0n) is 29.7. The first-order valence-electron chi connectivity index (χ1n) is 18.5. The van der Waals surface area contributed by atoms with Gasteiger partial charge in [0.25, 0.3) is 0 Å². The van der Waals surface area contributed by atoms with Crippen LogP contribution in [0, 0.1) is 0 Å². The number of carbonyl (C=O) groups is 2. The lowest BCUT2D eigenvalue weighted by Crippen LogP contribution is -2.27. The van der Waals surface area contributed by atoms with Crippen molar-refractivity contribution in [2.24, 2.45) is 0 Å². The molecule has 0 aromatic rings. The maximum absolute atomic E-state index is 12.0. The first-order chi connectivity index (χ1) is 22.8. The third-order valence-electron chi connectivity index (χ3n) is 7.52.